The van der Waals surface area contributed by atoms with Crippen LogP contribution in [0.3, 0.4) is 0 Å². The van der Waals surface area contributed by atoms with Crippen LogP contribution in [0.5, 0.6) is 11.5 Å². The fourth-order valence-corrected chi connectivity index (χ4v) is 2.97. The number of carbonyl (C=O) groups is 1. The van der Waals surface area contributed by atoms with Gasteiger partial charge < -0.3 is 14.8 Å². The maximum atomic E-state index is 12.3. The highest BCUT2D eigenvalue weighted by molar-refractivity contribution is 7.89. The molecule has 0 bridgehead atoms. The summed E-state index contributed by atoms with van der Waals surface area (Å²) in [6.45, 7) is 0. The average molecular weight is 371 g/mol. The lowest BCUT2D eigenvalue weighted by atomic mass is 10.2. The summed E-state index contributed by atoms with van der Waals surface area (Å²) in [5.74, 6) is 0.000882. The Bertz CT molecular complexity index is 883. The van der Waals surface area contributed by atoms with Crippen molar-refractivity contribution in [2.45, 2.75) is 4.90 Å². The minimum Gasteiger partial charge on any atom is -0.495 e. The Morgan fingerprint density at radius 2 is 1.71 bits per heavy atom. The van der Waals surface area contributed by atoms with E-state index < -0.39 is 15.9 Å². The van der Waals surface area contributed by atoms with Crippen molar-refractivity contribution in [3.8, 4) is 11.5 Å². The van der Waals surface area contributed by atoms with Gasteiger partial charge in [0.1, 0.15) is 16.4 Å². The molecule has 0 aliphatic carbocycles. The number of halogens is 1. The van der Waals surface area contributed by atoms with Gasteiger partial charge >= 0.3 is 0 Å². The van der Waals surface area contributed by atoms with Gasteiger partial charge in [-0.25, -0.2) is 13.6 Å². The standard InChI is InChI=1S/C15H15ClN2O5S/c1-22-12-6-4-10(8-11(12)16)18-15(19)9-3-5-13(23-2)14(7-9)24(17,20)21/h3-8H,1-2H3,(H,18,19)(H2,17,20,21). The van der Waals surface area contributed by atoms with Crippen LogP contribution in [0.15, 0.2) is 41.3 Å². The van der Waals surface area contributed by atoms with Crippen LogP contribution in [0.4, 0.5) is 5.69 Å². The van der Waals surface area contributed by atoms with Crippen LogP contribution < -0.4 is 19.9 Å². The van der Waals surface area contributed by atoms with Crippen LogP contribution in [0, 0.1) is 0 Å². The van der Waals surface area contributed by atoms with Gasteiger partial charge in [0.15, 0.2) is 0 Å². The Hall–Kier alpha value is -2.29. The minimum absolute atomic E-state index is 0.0570. The van der Waals surface area contributed by atoms with Crippen molar-refractivity contribution < 1.29 is 22.7 Å². The first-order valence-electron chi connectivity index (χ1n) is 6.62. The first kappa shape index (κ1) is 18.1. The Morgan fingerprint density at radius 3 is 2.25 bits per heavy atom. The number of hydrogen-bond acceptors (Lipinski definition) is 5. The zero-order chi connectivity index (χ0) is 17.9. The maximum absolute atomic E-state index is 12.3. The number of carbonyl (C=O) groups excluding carboxylic acids is 1. The van der Waals surface area contributed by atoms with E-state index in [0.717, 1.165) is 6.07 Å². The molecule has 2 aromatic carbocycles. The van der Waals surface area contributed by atoms with Gasteiger partial charge in [-0.2, -0.15) is 0 Å². The predicted molar refractivity (Wildman–Crippen MR) is 90.3 cm³/mol. The second kappa shape index (κ2) is 7.08. The number of sulfonamides is 1. The van der Waals surface area contributed by atoms with Crippen LogP contribution in [0.25, 0.3) is 0 Å². The molecule has 1 amide bonds. The molecule has 0 radical (unpaired) electrons. The van der Waals surface area contributed by atoms with Crippen molar-refractivity contribution in [2.75, 3.05) is 19.5 Å². The third-order valence-electron chi connectivity index (χ3n) is 3.14. The molecule has 0 unspecified atom stereocenters. The number of rotatable bonds is 5. The largest absolute Gasteiger partial charge is 0.495 e. The van der Waals surface area contributed by atoms with Crippen molar-refractivity contribution in [1.29, 1.82) is 0 Å². The number of nitrogens with two attached hydrogens (primary N) is 1. The molecule has 3 N–H and O–H groups in total. The van der Waals surface area contributed by atoms with Gasteiger partial charge in [0, 0.05) is 11.3 Å². The third kappa shape index (κ3) is 3.97. The smallest absolute Gasteiger partial charge is 0.255 e. The summed E-state index contributed by atoms with van der Waals surface area (Å²) in [7, 11) is -1.25. The third-order valence-corrected chi connectivity index (χ3v) is 4.37. The number of hydrogen-bond donors (Lipinski definition) is 2. The van der Waals surface area contributed by atoms with E-state index in [2.05, 4.69) is 5.32 Å². The Morgan fingerprint density at radius 1 is 1.08 bits per heavy atom. The van der Waals surface area contributed by atoms with Crippen molar-refractivity contribution >= 4 is 33.2 Å². The molecule has 0 heterocycles. The van der Waals surface area contributed by atoms with Crippen molar-refractivity contribution in [3.63, 3.8) is 0 Å². The normalized spacial score (nSPS) is 11.0. The van der Waals surface area contributed by atoms with Crippen LogP contribution in [0.1, 0.15) is 10.4 Å². The average Bonchev–Trinajstić information content (AvgIpc) is 2.53. The van der Waals surface area contributed by atoms with Gasteiger partial charge in [-0.15, -0.1) is 0 Å². The molecule has 0 spiro atoms. The minimum atomic E-state index is -4.03. The fraction of sp³-hybridized carbons (Fsp3) is 0.133. The molecule has 128 valence electrons. The summed E-state index contributed by atoms with van der Waals surface area (Å²) in [5.41, 5.74) is 0.533. The Balaban J connectivity index is 2.32. The van der Waals surface area contributed by atoms with Gasteiger partial charge in [-0.1, -0.05) is 11.6 Å². The highest BCUT2D eigenvalue weighted by Crippen LogP contribution is 2.28. The second-order valence-corrected chi connectivity index (χ2v) is 6.65. The van der Waals surface area contributed by atoms with Crippen LogP contribution in [-0.2, 0) is 10.0 Å². The molecule has 0 saturated carbocycles. The topological polar surface area (TPSA) is 108 Å². The number of amides is 1. The molecular formula is C15H15ClN2O5S. The van der Waals surface area contributed by atoms with E-state index in [-0.39, 0.29) is 16.2 Å². The molecule has 0 saturated heterocycles. The molecule has 2 rings (SSSR count). The summed E-state index contributed by atoms with van der Waals surface area (Å²) in [4.78, 5) is 12.0. The zero-order valence-corrected chi connectivity index (χ0v) is 14.4. The molecule has 0 aromatic heterocycles. The van der Waals surface area contributed by atoms with Gasteiger partial charge in [-0.05, 0) is 36.4 Å². The summed E-state index contributed by atoms with van der Waals surface area (Å²) < 4.78 is 33.2. The molecule has 0 aliphatic rings. The summed E-state index contributed by atoms with van der Waals surface area (Å²) in [5, 5.41) is 8.08. The number of benzene rings is 2. The van der Waals surface area contributed by atoms with E-state index >= 15 is 0 Å². The lowest BCUT2D eigenvalue weighted by Crippen LogP contribution is -2.16. The van der Waals surface area contributed by atoms with Gasteiger partial charge in [0.05, 0.1) is 19.2 Å². The Labute approximate surface area is 144 Å². The molecule has 0 fully saturated rings. The molecule has 2 aromatic rings. The SMILES string of the molecule is COc1ccc(NC(=O)c2ccc(OC)c(S(N)(=O)=O)c2)cc1Cl. The van der Waals surface area contributed by atoms with Crippen LogP contribution >= 0.6 is 11.6 Å². The number of ether oxygens (including phenoxy) is 2. The van der Waals surface area contributed by atoms with Crippen LogP contribution in [0.2, 0.25) is 5.02 Å². The highest BCUT2D eigenvalue weighted by Gasteiger charge is 2.18. The first-order valence-corrected chi connectivity index (χ1v) is 8.54. The monoisotopic (exact) mass is 370 g/mol. The lowest BCUT2D eigenvalue weighted by molar-refractivity contribution is 0.102. The molecule has 0 atom stereocenters. The number of anilines is 1. The van der Waals surface area contributed by atoms with Gasteiger partial charge in [0.2, 0.25) is 10.0 Å². The summed E-state index contributed by atoms with van der Waals surface area (Å²) in [6, 6.07) is 8.65. The van der Waals surface area contributed by atoms with Crippen molar-refractivity contribution in [1.82, 2.24) is 0 Å². The molecule has 0 aliphatic heterocycles. The van der Waals surface area contributed by atoms with E-state index in [9.17, 15) is 13.2 Å². The lowest BCUT2D eigenvalue weighted by Gasteiger charge is -2.10. The molecule has 9 heteroatoms. The number of methoxy groups -OCH3 is 2. The van der Waals surface area contributed by atoms with E-state index in [1.165, 1.54) is 32.4 Å². The first-order chi connectivity index (χ1) is 11.3. The quantitative estimate of drug-likeness (QED) is 0.839. The molecule has 7 nitrogen and oxygen atoms in total. The Kier molecular flexibility index (Phi) is 5.33. The van der Waals surface area contributed by atoms with E-state index in [1.54, 1.807) is 12.1 Å². The molecule has 24 heavy (non-hydrogen) atoms. The van der Waals surface area contributed by atoms with Crippen molar-refractivity contribution in [2.24, 2.45) is 5.14 Å². The fourth-order valence-electron chi connectivity index (χ4n) is 1.99. The van der Waals surface area contributed by atoms with Gasteiger partial charge in [0.25, 0.3) is 5.91 Å². The van der Waals surface area contributed by atoms with Crippen LogP contribution in [-0.4, -0.2) is 28.5 Å². The number of primary sulfonamides is 1. The number of nitrogens with one attached hydrogen (secondary N) is 1. The van der Waals surface area contributed by atoms with E-state index in [0.29, 0.717) is 16.5 Å². The maximum Gasteiger partial charge on any atom is 0.255 e. The van der Waals surface area contributed by atoms with Gasteiger partial charge in [-0.3, -0.25) is 4.79 Å². The van der Waals surface area contributed by atoms with E-state index in [1.807, 2.05) is 0 Å². The van der Waals surface area contributed by atoms with E-state index in [4.69, 9.17) is 26.2 Å². The summed E-state index contributed by atoms with van der Waals surface area (Å²) in [6.07, 6.45) is 0. The second-order valence-electron chi connectivity index (χ2n) is 4.71. The highest BCUT2D eigenvalue weighted by atomic mass is 35.5. The summed E-state index contributed by atoms with van der Waals surface area (Å²) >= 11 is 5.99. The molecular weight excluding hydrogens is 356 g/mol. The zero-order valence-electron chi connectivity index (χ0n) is 12.9. The predicted octanol–water partition coefficient (Wildman–Crippen LogP) is 2.26. The van der Waals surface area contributed by atoms with Crippen molar-refractivity contribution in [3.05, 3.63) is 47.0 Å².